The number of methoxy groups -OCH3 is 1. The van der Waals surface area contributed by atoms with Gasteiger partial charge in [0.1, 0.15) is 18.2 Å². The zero-order chi connectivity index (χ0) is 17.6. The van der Waals surface area contributed by atoms with E-state index in [1.165, 1.54) is 16.6 Å². The molecule has 0 atom stereocenters. The van der Waals surface area contributed by atoms with E-state index in [0.29, 0.717) is 6.61 Å². The summed E-state index contributed by atoms with van der Waals surface area (Å²) in [6.45, 7) is 6.42. The summed E-state index contributed by atoms with van der Waals surface area (Å²) in [5.41, 5.74) is 4.77. The van der Waals surface area contributed by atoms with Gasteiger partial charge in [0.25, 0.3) is 0 Å². The molecular weight excluding hydrogens is 312 g/mol. The van der Waals surface area contributed by atoms with Crippen molar-refractivity contribution >= 4 is 11.0 Å². The third-order valence-electron chi connectivity index (χ3n) is 4.53. The van der Waals surface area contributed by atoms with Crippen molar-refractivity contribution in [3.05, 3.63) is 59.4 Å². The number of benzene rings is 2. The second kappa shape index (κ2) is 8.17. The summed E-state index contributed by atoms with van der Waals surface area (Å²) in [4.78, 5) is 4.67. The zero-order valence-corrected chi connectivity index (χ0v) is 15.3. The highest BCUT2D eigenvalue weighted by molar-refractivity contribution is 5.75. The lowest BCUT2D eigenvalue weighted by molar-refractivity contribution is 0.174. The summed E-state index contributed by atoms with van der Waals surface area (Å²) in [7, 11) is 1.71. The van der Waals surface area contributed by atoms with Crippen molar-refractivity contribution < 1.29 is 9.47 Å². The van der Waals surface area contributed by atoms with E-state index in [1.54, 1.807) is 7.11 Å². The van der Waals surface area contributed by atoms with E-state index in [0.717, 1.165) is 43.1 Å². The van der Waals surface area contributed by atoms with Crippen LogP contribution in [0.5, 0.6) is 5.75 Å². The first-order valence-corrected chi connectivity index (χ1v) is 8.82. The van der Waals surface area contributed by atoms with Gasteiger partial charge >= 0.3 is 0 Å². The molecule has 0 fully saturated rings. The van der Waals surface area contributed by atoms with Crippen LogP contribution in [0.15, 0.2) is 42.5 Å². The number of rotatable bonds is 8. The zero-order valence-electron chi connectivity index (χ0n) is 15.3. The summed E-state index contributed by atoms with van der Waals surface area (Å²) in [5.74, 6) is 1.94. The van der Waals surface area contributed by atoms with Crippen LogP contribution in [-0.4, -0.2) is 23.3 Å². The van der Waals surface area contributed by atoms with E-state index < -0.39 is 0 Å². The van der Waals surface area contributed by atoms with Gasteiger partial charge in [-0.1, -0.05) is 18.2 Å². The van der Waals surface area contributed by atoms with Crippen molar-refractivity contribution in [3.63, 3.8) is 0 Å². The summed E-state index contributed by atoms with van der Waals surface area (Å²) in [6, 6.07) is 14.5. The number of imidazole rings is 1. The van der Waals surface area contributed by atoms with Crippen molar-refractivity contribution in [1.29, 1.82) is 0 Å². The molecule has 1 heterocycles. The van der Waals surface area contributed by atoms with Crippen LogP contribution < -0.4 is 4.74 Å². The number of unbranched alkanes of at least 4 members (excludes halogenated alkanes) is 1. The number of fused-ring (bicyclic) bond motifs is 1. The Labute approximate surface area is 149 Å². The first-order valence-electron chi connectivity index (χ1n) is 8.82. The predicted molar refractivity (Wildman–Crippen MR) is 101 cm³/mol. The monoisotopic (exact) mass is 338 g/mol. The van der Waals surface area contributed by atoms with E-state index in [2.05, 4.69) is 47.7 Å². The molecule has 0 N–H and O–H groups in total. The first-order chi connectivity index (χ1) is 12.2. The van der Waals surface area contributed by atoms with Crippen molar-refractivity contribution in [3.8, 4) is 5.75 Å². The van der Waals surface area contributed by atoms with Gasteiger partial charge in [-0.3, -0.25) is 0 Å². The van der Waals surface area contributed by atoms with Crippen LogP contribution in [0.4, 0.5) is 0 Å². The molecule has 4 nitrogen and oxygen atoms in total. The normalized spacial score (nSPS) is 11.2. The number of aromatic nitrogens is 2. The van der Waals surface area contributed by atoms with Gasteiger partial charge in [0.05, 0.1) is 17.6 Å². The lowest BCUT2D eigenvalue weighted by Gasteiger charge is -2.10. The fraction of sp³-hybridized carbons (Fsp3) is 0.381. The van der Waals surface area contributed by atoms with E-state index in [1.807, 2.05) is 18.2 Å². The van der Waals surface area contributed by atoms with Gasteiger partial charge in [0.2, 0.25) is 0 Å². The molecule has 2 aromatic carbocycles. The van der Waals surface area contributed by atoms with Gasteiger partial charge in [-0.15, -0.1) is 0 Å². The fourth-order valence-corrected chi connectivity index (χ4v) is 2.98. The summed E-state index contributed by atoms with van der Waals surface area (Å²) in [6.07, 6.45) is 2.05. The third kappa shape index (κ3) is 4.20. The lowest BCUT2D eigenvalue weighted by Crippen LogP contribution is -2.07. The second-order valence-corrected chi connectivity index (χ2v) is 6.40. The van der Waals surface area contributed by atoms with Crippen LogP contribution >= 0.6 is 0 Å². The Morgan fingerprint density at radius 2 is 1.84 bits per heavy atom. The topological polar surface area (TPSA) is 36.3 Å². The summed E-state index contributed by atoms with van der Waals surface area (Å²) >= 11 is 0. The molecule has 0 saturated heterocycles. The fourth-order valence-electron chi connectivity index (χ4n) is 2.98. The van der Waals surface area contributed by atoms with Gasteiger partial charge in [0, 0.05) is 13.7 Å². The lowest BCUT2D eigenvalue weighted by atomic mass is 10.1. The Morgan fingerprint density at radius 3 is 2.64 bits per heavy atom. The number of hydrogen-bond acceptors (Lipinski definition) is 3. The molecule has 25 heavy (non-hydrogen) atoms. The summed E-state index contributed by atoms with van der Waals surface area (Å²) in [5, 5.41) is 0. The molecule has 3 rings (SSSR count). The molecule has 0 unspecified atom stereocenters. The minimum Gasteiger partial charge on any atom is -0.494 e. The highest BCUT2D eigenvalue weighted by Gasteiger charge is 2.09. The van der Waals surface area contributed by atoms with E-state index >= 15 is 0 Å². The van der Waals surface area contributed by atoms with E-state index in [4.69, 9.17) is 9.47 Å². The smallest absolute Gasteiger partial charge is 0.135 e. The Hall–Kier alpha value is -2.33. The highest BCUT2D eigenvalue weighted by atomic mass is 16.5. The molecule has 0 saturated carbocycles. The van der Waals surface area contributed by atoms with E-state index in [9.17, 15) is 0 Å². The number of nitrogens with zero attached hydrogens (tertiary/aromatic N) is 2. The maximum absolute atomic E-state index is 5.88. The SMILES string of the molecule is COCc1nc2ccccc2n1CCCCOc1ccc(C)c(C)c1. The van der Waals surface area contributed by atoms with Gasteiger partial charge < -0.3 is 14.0 Å². The quantitative estimate of drug-likeness (QED) is 0.561. The summed E-state index contributed by atoms with van der Waals surface area (Å²) < 4.78 is 13.4. The van der Waals surface area contributed by atoms with Crippen LogP contribution in [0, 0.1) is 13.8 Å². The van der Waals surface area contributed by atoms with Gasteiger partial charge in [-0.25, -0.2) is 4.98 Å². The van der Waals surface area contributed by atoms with Gasteiger partial charge in [-0.2, -0.15) is 0 Å². The average Bonchev–Trinajstić information content (AvgIpc) is 2.95. The van der Waals surface area contributed by atoms with Crippen molar-refractivity contribution in [2.24, 2.45) is 0 Å². The number of ether oxygens (including phenoxy) is 2. The molecule has 0 radical (unpaired) electrons. The molecule has 0 aliphatic rings. The maximum atomic E-state index is 5.88. The molecule has 1 aromatic heterocycles. The highest BCUT2D eigenvalue weighted by Crippen LogP contribution is 2.19. The van der Waals surface area contributed by atoms with Gasteiger partial charge in [-0.05, 0) is 62.1 Å². The largest absolute Gasteiger partial charge is 0.494 e. The molecule has 0 bridgehead atoms. The van der Waals surface area contributed by atoms with Crippen LogP contribution in [-0.2, 0) is 17.9 Å². The maximum Gasteiger partial charge on any atom is 0.135 e. The molecule has 3 aromatic rings. The van der Waals surface area contributed by atoms with Crippen molar-refractivity contribution in [1.82, 2.24) is 9.55 Å². The minimum atomic E-state index is 0.536. The Kier molecular flexibility index (Phi) is 5.71. The molecule has 0 aliphatic carbocycles. The Morgan fingerprint density at radius 1 is 1.00 bits per heavy atom. The van der Waals surface area contributed by atoms with Crippen LogP contribution in [0.25, 0.3) is 11.0 Å². The molecule has 0 aliphatic heterocycles. The molecule has 0 spiro atoms. The molecular formula is C21H26N2O2. The van der Waals surface area contributed by atoms with Gasteiger partial charge in [0.15, 0.2) is 0 Å². The van der Waals surface area contributed by atoms with Crippen LogP contribution in [0.1, 0.15) is 29.8 Å². The minimum absolute atomic E-state index is 0.536. The predicted octanol–water partition coefficient (Wildman–Crippen LogP) is 4.66. The average molecular weight is 338 g/mol. The second-order valence-electron chi connectivity index (χ2n) is 6.40. The van der Waals surface area contributed by atoms with Crippen molar-refractivity contribution in [2.75, 3.05) is 13.7 Å². The van der Waals surface area contributed by atoms with Crippen LogP contribution in [0.2, 0.25) is 0 Å². The number of para-hydroxylation sites is 2. The standard InChI is InChI=1S/C21H26N2O2/c1-16-10-11-18(14-17(16)2)25-13-7-6-12-23-20-9-5-4-8-19(20)22-21(23)15-24-3/h4-5,8-11,14H,6-7,12-13,15H2,1-3H3. The number of aryl methyl sites for hydroxylation is 3. The Balaban J connectivity index is 1.56. The van der Waals surface area contributed by atoms with Crippen molar-refractivity contribution in [2.45, 2.75) is 39.8 Å². The van der Waals surface area contributed by atoms with Crippen LogP contribution in [0.3, 0.4) is 0 Å². The molecule has 132 valence electrons. The first kappa shape index (κ1) is 17.5. The van der Waals surface area contributed by atoms with E-state index in [-0.39, 0.29) is 0 Å². The molecule has 0 amide bonds. The number of hydrogen-bond donors (Lipinski definition) is 0. The Bertz CT molecular complexity index is 839. The molecule has 4 heteroatoms. The third-order valence-corrected chi connectivity index (χ3v) is 4.53.